The predicted octanol–water partition coefficient (Wildman–Crippen LogP) is 5.96. The lowest BCUT2D eigenvalue weighted by atomic mass is 10.1. The Hall–Kier alpha value is -1.83. The molecule has 0 aromatic heterocycles. The second-order valence-electron chi connectivity index (χ2n) is 6.45. The Labute approximate surface area is 189 Å². The van der Waals surface area contributed by atoms with Gasteiger partial charge in [-0.2, -0.15) is 0 Å². The summed E-state index contributed by atoms with van der Waals surface area (Å²) in [6, 6.07) is 12.0. The molecule has 0 radical (unpaired) electrons. The fourth-order valence-corrected chi connectivity index (χ4v) is 4.61. The second-order valence-corrected chi connectivity index (χ2v) is 8.98. The highest BCUT2D eigenvalue weighted by molar-refractivity contribution is 9.10. The largest absolute Gasteiger partial charge is 0.490 e. The van der Waals surface area contributed by atoms with Gasteiger partial charge in [-0.15, -0.1) is 0 Å². The number of ether oxygens (including phenoxy) is 2. The van der Waals surface area contributed by atoms with Gasteiger partial charge in [0.25, 0.3) is 5.91 Å². The first-order valence-electron chi connectivity index (χ1n) is 9.33. The minimum absolute atomic E-state index is 0.0629. The molecular weight excluding hydrogens is 470 g/mol. The number of carbonyl (C=O) groups is 1. The molecule has 0 N–H and O–H groups in total. The van der Waals surface area contributed by atoms with Crippen molar-refractivity contribution in [3.8, 4) is 11.5 Å². The summed E-state index contributed by atoms with van der Waals surface area (Å²) >= 11 is 10.2. The first-order valence-corrected chi connectivity index (χ1v) is 11.3. The Morgan fingerprint density at radius 1 is 1.14 bits per heavy atom. The number of aryl methyl sites for hydroxylation is 1. The number of hydrogen-bond acceptors (Lipinski definition) is 5. The summed E-state index contributed by atoms with van der Waals surface area (Å²) in [5, 5.41) is 0. The van der Waals surface area contributed by atoms with Crippen LogP contribution in [0.2, 0.25) is 0 Å². The number of amides is 1. The van der Waals surface area contributed by atoms with E-state index >= 15 is 0 Å². The van der Waals surface area contributed by atoms with Gasteiger partial charge in [0, 0.05) is 11.0 Å². The number of halogens is 1. The number of likely N-dealkylation sites (N-methyl/N-ethyl adjacent to an activating group) is 1. The molecule has 29 heavy (non-hydrogen) atoms. The smallest absolute Gasteiger partial charge is 0.266 e. The molecule has 1 amide bonds. The highest BCUT2D eigenvalue weighted by Crippen LogP contribution is 2.38. The van der Waals surface area contributed by atoms with Gasteiger partial charge in [-0.05, 0) is 50.1 Å². The lowest BCUT2D eigenvalue weighted by Gasteiger charge is -2.14. The van der Waals surface area contributed by atoms with Crippen molar-refractivity contribution in [1.82, 2.24) is 4.90 Å². The van der Waals surface area contributed by atoms with Gasteiger partial charge in [0.15, 0.2) is 11.5 Å². The molecular formula is C22H22BrNO3S2. The van der Waals surface area contributed by atoms with E-state index < -0.39 is 0 Å². The minimum Gasteiger partial charge on any atom is -0.490 e. The maximum Gasteiger partial charge on any atom is 0.266 e. The van der Waals surface area contributed by atoms with Crippen LogP contribution in [0, 0.1) is 6.92 Å². The van der Waals surface area contributed by atoms with Gasteiger partial charge in [0.1, 0.15) is 10.9 Å². The van der Waals surface area contributed by atoms with Crippen LogP contribution in [0.3, 0.4) is 0 Å². The molecule has 1 heterocycles. The molecule has 0 aliphatic carbocycles. The number of thiocarbonyl (C=S) groups is 1. The number of benzene rings is 2. The van der Waals surface area contributed by atoms with Crippen LogP contribution < -0.4 is 9.47 Å². The van der Waals surface area contributed by atoms with Crippen molar-refractivity contribution in [2.75, 3.05) is 13.2 Å². The molecule has 0 saturated carbocycles. The number of carbonyl (C=O) groups excluding carboxylic acids is 1. The fraction of sp³-hybridized carbons (Fsp3) is 0.273. The third-order valence-corrected chi connectivity index (χ3v) is 6.42. The summed E-state index contributed by atoms with van der Waals surface area (Å²) in [6.07, 6.45) is 1.84. The van der Waals surface area contributed by atoms with Crippen LogP contribution in [0.5, 0.6) is 11.5 Å². The van der Waals surface area contributed by atoms with Crippen LogP contribution >= 0.6 is 39.9 Å². The topological polar surface area (TPSA) is 38.8 Å². The van der Waals surface area contributed by atoms with E-state index in [4.69, 9.17) is 21.7 Å². The number of rotatable bonds is 7. The molecule has 0 spiro atoms. The SMILES string of the molecule is CCOc1cc(/C=C2\SC(=S)N(CC)C2=O)c(Br)cc1OCc1ccc(C)cc1. The molecule has 1 aliphatic rings. The molecule has 2 aromatic rings. The van der Waals surface area contributed by atoms with Crippen LogP contribution in [-0.4, -0.2) is 28.3 Å². The lowest BCUT2D eigenvalue weighted by molar-refractivity contribution is -0.121. The normalized spacial score (nSPS) is 15.3. The Balaban J connectivity index is 1.86. The Morgan fingerprint density at radius 2 is 1.83 bits per heavy atom. The summed E-state index contributed by atoms with van der Waals surface area (Å²) < 4.78 is 13.2. The summed E-state index contributed by atoms with van der Waals surface area (Å²) in [5.74, 6) is 1.23. The molecule has 3 rings (SSSR count). The fourth-order valence-electron chi connectivity index (χ4n) is 2.80. The van der Waals surface area contributed by atoms with Gasteiger partial charge < -0.3 is 9.47 Å². The third-order valence-electron chi connectivity index (χ3n) is 4.35. The zero-order valence-corrected chi connectivity index (χ0v) is 19.7. The van der Waals surface area contributed by atoms with E-state index in [-0.39, 0.29) is 5.91 Å². The summed E-state index contributed by atoms with van der Waals surface area (Å²) in [6.45, 7) is 7.43. The lowest BCUT2D eigenvalue weighted by Crippen LogP contribution is -2.27. The Morgan fingerprint density at radius 3 is 2.45 bits per heavy atom. The highest BCUT2D eigenvalue weighted by atomic mass is 79.9. The van der Waals surface area contributed by atoms with E-state index in [1.54, 1.807) is 4.90 Å². The van der Waals surface area contributed by atoms with Gasteiger partial charge in [0.05, 0.1) is 11.5 Å². The molecule has 1 fully saturated rings. The molecule has 1 saturated heterocycles. The number of hydrogen-bond donors (Lipinski definition) is 0. The minimum atomic E-state index is -0.0629. The maximum absolute atomic E-state index is 12.5. The van der Waals surface area contributed by atoms with E-state index in [2.05, 4.69) is 47.1 Å². The average Bonchev–Trinajstić information content (AvgIpc) is 2.97. The van der Waals surface area contributed by atoms with Crippen molar-refractivity contribution in [1.29, 1.82) is 0 Å². The van der Waals surface area contributed by atoms with Crippen molar-refractivity contribution in [2.45, 2.75) is 27.4 Å². The molecule has 4 nitrogen and oxygen atoms in total. The zero-order chi connectivity index (χ0) is 21.0. The van der Waals surface area contributed by atoms with Crippen molar-refractivity contribution >= 4 is 56.2 Å². The molecule has 7 heteroatoms. The van der Waals surface area contributed by atoms with Crippen LogP contribution in [0.25, 0.3) is 6.08 Å². The first-order chi connectivity index (χ1) is 13.9. The number of thioether (sulfide) groups is 1. The van der Waals surface area contributed by atoms with E-state index in [1.165, 1.54) is 17.3 Å². The van der Waals surface area contributed by atoms with Gasteiger partial charge in [-0.25, -0.2) is 0 Å². The predicted molar refractivity (Wildman–Crippen MR) is 126 cm³/mol. The average molecular weight is 492 g/mol. The molecule has 0 unspecified atom stereocenters. The maximum atomic E-state index is 12.5. The standard InChI is InChI=1S/C22H22BrNO3S2/c1-4-24-21(25)20(29-22(24)28)11-16-10-18(26-5-2)19(12-17(16)23)27-13-15-8-6-14(3)7-9-15/h6-12H,4-5,13H2,1-3H3/b20-11-. The second kappa shape index (κ2) is 9.78. The van der Waals surface area contributed by atoms with Crippen molar-refractivity contribution < 1.29 is 14.3 Å². The Kier molecular flexibility index (Phi) is 7.38. The first kappa shape index (κ1) is 21.9. The van der Waals surface area contributed by atoms with Gasteiger partial charge in [-0.1, -0.05) is 69.7 Å². The molecule has 0 atom stereocenters. The van der Waals surface area contributed by atoms with Crippen LogP contribution in [0.4, 0.5) is 0 Å². The molecule has 1 aliphatic heterocycles. The summed E-state index contributed by atoms with van der Waals surface area (Å²) in [7, 11) is 0. The van der Waals surface area contributed by atoms with Crippen molar-refractivity contribution in [3.05, 3.63) is 62.5 Å². The molecule has 0 bridgehead atoms. The van der Waals surface area contributed by atoms with E-state index in [1.807, 2.05) is 32.1 Å². The van der Waals surface area contributed by atoms with Gasteiger partial charge >= 0.3 is 0 Å². The van der Waals surface area contributed by atoms with Crippen LogP contribution in [0.1, 0.15) is 30.5 Å². The Bertz CT molecular complexity index is 957. The third kappa shape index (κ3) is 5.21. The highest BCUT2D eigenvalue weighted by Gasteiger charge is 2.30. The van der Waals surface area contributed by atoms with Crippen LogP contribution in [-0.2, 0) is 11.4 Å². The summed E-state index contributed by atoms with van der Waals surface area (Å²) in [5.41, 5.74) is 3.14. The number of nitrogens with zero attached hydrogens (tertiary/aromatic N) is 1. The molecule has 152 valence electrons. The van der Waals surface area contributed by atoms with Crippen molar-refractivity contribution in [2.24, 2.45) is 0 Å². The zero-order valence-electron chi connectivity index (χ0n) is 16.5. The van der Waals surface area contributed by atoms with Gasteiger partial charge in [0.2, 0.25) is 0 Å². The van der Waals surface area contributed by atoms with E-state index in [0.29, 0.717) is 40.5 Å². The van der Waals surface area contributed by atoms with Crippen LogP contribution in [0.15, 0.2) is 45.8 Å². The quantitative estimate of drug-likeness (QED) is 0.353. The van der Waals surface area contributed by atoms with E-state index in [9.17, 15) is 4.79 Å². The monoisotopic (exact) mass is 491 g/mol. The van der Waals surface area contributed by atoms with E-state index in [0.717, 1.165) is 15.6 Å². The molecule has 2 aromatic carbocycles. The van der Waals surface area contributed by atoms with Gasteiger partial charge in [-0.3, -0.25) is 9.69 Å². The van der Waals surface area contributed by atoms with Crippen molar-refractivity contribution in [3.63, 3.8) is 0 Å². The summed E-state index contributed by atoms with van der Waals surface area (Å²) in [4.78, 5) is 14.7.